The second-order valence-electron chi connectivity index (χ2n) is 4.06. The van der Waals surface area contributed by atoms with Crippen molar-refractivity contribution in [3.05, 3.63) is 46.0 Å². The third-order valence-electron chi connectivity index (χ3n) is 2.59. The molecule has 0 aliphatic heterocycles. The van der Waals surface area contributed by atoms with Gasteiger partial charge in [0.05, 0.1) is 22.3 Å². The number of benzene rings is 1. The lowest BCUT2D eigenvalue weighted by Gasteiger charge is -2.16. The number of nitrogens with one attached hydrogen (secondary N) is 1. The Morgan fingerprint density at radius 2 is 2.21 bits per heavy atom. The summed E-state index contributed by atoms with van der Waals surface area (Å²) >= 11 is 11.8. The first kappa shape index (κ1) is 13.7. The highest BCUT2D eigenvalue weighted by Gasteiger charge is 2.16. The Kier molecular flexibility index (Phi) is 3.97. The number of hydrogen-bond acceptors (Lipinski definition) is 3. The normalized spacial score (nSPS) is 10.5. The van der Waals surface area contributed by atoms with Gasteiger partial charge in [-0.05, 0) is 12.1 Å². The molecule has 0 bridgehead atoms. The van der Waals surface area contributed by atoms with E-state index in [1.165, 1.54) is 17.0 Å². The van der Waals surface area contributed by atoms with Crippen molar-refractivity contribution in [1.29, 1.82) is 0 Å². The van der Waals surface area contributed by atoms with Gasteiger partial charge in [-0.1, -0.05) is 23.2 Å². The van der Waals surface area contributed by atoms with Crippen LogP contribution in [0.15, 0.2) is 24.5 Å². The zero-order valence-corrected chi connectivity index (χ0v) is 11.7. The molecule has 0 aliphatic rings. The fraction of sp³-hybridized carbons (Fsp3) is 0.167. The van der Waals surface area contributed by atoms with Crippen molar-refractivity contribution in [1.82, 2.24) is 14.9 Å². The summed E-state index contributed by atoms with van der Waals surface area (Å²) in [6.45, 7) is 0.367. The molecule has 100 valence electrons. The lowest BCUT2D eigenvalue weighted by Crippen LogP contribution is -2.26. The van der Waals surface area contributed by atoms with E-state index in [-0.39, 0.29) is 21.6 Å². The largest absolute Gasteiger partial charge is 0.397 e. The van der Waals surface area contributed by atoms with E-state index in [1.54, 1.807) is 19.4 Å². The number of carbonyl (C=O) groups is 1. The molecular formula is C12H12Cl2N4O. The SMILES string of the molecule is CN(Cc1ncc[nH]1)C(=O)c1cc(N)c(Cl)c(Cl)c1. The number of hydrogen-bond donors (Lipinski definition) is 2. The van der Waals surface area contributed by atoms with E-state index >= 15 is 0 Å². The van der Waals surface area contributed by atoms with Crippen molar-refractivity contribution < 1.29 is 4.79 Å². The van der Waals surface area contributed by atoms with Crippen LogP contribution < -0.4 is 5.73 Å². The molecule has 3 N–H and O–H groups in total. The van der Waals surface area contributed by atoms with Crippen LogP contribution in [0.5, 0.6) is 0 Å². The number of halogens is 2. The highest BCUT2D eigenvalue weighted by Crippen LogP contribution is 2.29. The molecule has 0 atom stereocenters. The molecule has 0 saturated carbocycles. The molecule has 0 spiro atoms. The summed E-state index contributed by atoms with van der Waals surface area (Å²) in [6.07, 6.45) is 3.33. The minimum atomic E-state index is -0.207. The van der Waals surface area contributed by atoms with Gasteiger partial charge in [-0.15, -0.1) is 0 Å². The standard InChI is InChI=1S/C12H12Cl2N4O/c1-18(6-10-16-2-3-17-10)12(19)7-4-8(13)11(14)9(15)5-7/h2-5H,6,15H2,1H3,(H,16,17). The number of anilines is 1. The molecule has 0 saturated heterocycles. The number of aromatic amines is 1. The molecule has 1 aromatic heterocycles. The average Bonchev–Trinajstić information content (AvgIpc) is 2.87. The van der Waals surface area contributed by atoms with Gasteiger partial charge < -0.3 is 15.6 Å². The lowest BCUT2D eigenvalue weighted by molar-refractivity contribution is 0.0782. The number of imidazole rings is 1. The molecule has 0 radical (unpaired) electrons. The number of nitrogens with zero attached hydrogens (tertiary/aromatic N) is 2. The fourth-order valence-electron chi connectivity index (χ4n) is 1.64. The van der Waals surface area contributed by atoms with Gasteiger partial charge in [0.2, 0.25) is 0 Å². The van der Waals surface area contributed by atoms with Crippen LogP contribution in [0.25, 0.3) is 0 Å². The summed E-state index contributed by atoms with van der Waals surface area (Å²) in [5.74, 6) is 0.491. The summed E-state index contributed by atoms with van der Waals surface area (Å²) < 4.78 is 0. The lowest BCUT2D eigenvalue weighted by atomic mass is 10.2. The van der Waals surface area contributed by atoms with E-state index < -0.39 is 0 Å². The Balaban J connectivity index is 2.19. The molecule has 2 rings (SSSR count). The molecule has 2 aromatic rings. The molecule has 0 fully saturated rings. The maximum absolute atomic E-state index is 12.2. The van der Waals surface area contributed by atoms with Crippen molar-refractivity contribution >= 4 is 34.8 Å². The first-order valence-corrected chi connectivity index (χ1v) is 6.23. The van der Waals surface area contributed by atoms with Gasteiger partial charge in [0.25, 0.3) is 5.91 Å². The van der Waals surface area contributed by atoms with Crippen molar-refractivity contribution in [2.45, 2.75) is 6.54 Å². The highest BCUT2D eigenvalue weighted by atomic mass is 35.5. The molecule has 1 amide bonds. The van der Waals surface area contributed by atoms with Crippen LogP contribution in [-0.4, -0.2) is 27.8 Å². The second kappa shape index (κ2) is 5.50. The van der Waals surface area contributed by atoms with E-state index in [1.807, 2.05) is 0 Å². The van der Waals surface area contributed by atoms with Gasteiger partial charge in [-0.3, -0.25) is 4.79 Å². The van der Waals surface area contributed by atoms with E-state index in [9.17, 15) is 4.79 Å². The highest BCUT2D eigenvalue weighted by molar-refractivity contribution is 6.43. The van der Waals surface area contributed by atoms with Crippen molar-refractivity contribution in [3.8, 4) is 0 Å². The zero-order valence-electron chi connectivity index (χ0n) is 10.2. The molecule has 0 aliphatic carbocycles. The van der Waals surface area contributed by atoms with Gasteiger partial charge in [-0.25, -0.2) is 4.98 Å². The smallest absolute Gasteiger partial charge is 0.254 e. The molecule has 5 nitrogen and oxygen atoms in total. The van der Waals surface area contributed by atoms with Crippen molar-refractivity contribution in [3.63, 3.8) is 0 Å². The van der Waals surface area contributed by atoms with Crippen LogP contribution in [-0.2, 0) is 6.54 Å². The van der Waals surface area contributed by atoms with Gasteiger partial charge in [0.1, 0.15) is 5.82 Å². The van der Waals surface area contributed by atoms with Gasteiger partial charge in [-0.2, -0.15) is 0 Å². The van der Waals surface area contributed by atoms with Crippen LogP contribution in [0.3, 0.4) is 0 Å². The monoisotopic (exact) mass is 298 g/mol. The van der Waals surface area contributed by atoms with Gasteiger partial charge in [0.15, 0.2) is 0 Å². The average molecular weight is 299 g/mol. The first-order valence-electron chi connectivity index (χ1n) is 5.47. The Morgan fingerprint density at radius 1 is 1.47 bits per heavy atom. The number of carbonyl (C=O) groups excluding carboxylic acids is 1. The molecule has 19 heavy (non-hydrogen) atoms. The molecule has 1 aromatic carbocycles. The topological polar surface area (TPSA) is 75.0 Å². The van der Waals surface area contributed by atoms with E-state index in [0.717, 1.165) is 0 Å². The van der Waals surface area contributed by atoms with Crippen LogP contribution in [0.2, 0.25) is 10.0 Å². The first-order chi connectivity index (χ1) is 8.99. The Labute approximate surface area is 120 Å². The van der Waals surface area contributed by atoms with Crippen molar-refractivity contribution in [2.24, 2.45) is 0 Å². The van der Waals surface area contributed by atoms with Gasteiger partial charge in [0, 0.05) is 25.0 Å². The fourth-order valence-corrected chi connectivity index (χ4v) is 1.97. The second-order valence-corrected chi connectivity index (χ2v) is 4.84. The minimum Gasteiger partial charge on any atom is -0.397 e. The number of aromatic nitrogens is 2. The van der Waals surface area contributed by atoms with E-state index in [4.69, 9.17) is 28.9 Å². The van der Waals surface area contributed by atoms with E-state index in [0.29, 0.717) is 17.9 Å². The minimum absolute atomic E-state index is 0.207. The van der Waals surface area contributed by atoms with Crippen LogP contribution >= 0.6 is 23.2 Å². The summed E-state index contributed by atoms with van der Waals surface area (Å²) in [5.41, 5.74) is 6.36. The quantitative estimate of drug-likeness (QED) is 0.855. The van der Waals surface area contributed by atoms with Gasteiger partial charge >= 0.3 is 0 Å². The predicted octanol–water partition coefficient (Wildman–Crippen LogP) is 2.57. The maximum Gasteiger partial charge on any atom is 0.254 e. The third kappa shape index (κ3) is 3.00. The third-order valence-corrected chi connectivity index (χ3v) is 3.41. The Bertz CT molecular complexity index is 575. The van der Waals surface area contributed by atoms with Crippen LogP contribution in [0.4, 0.5) is 5.69 Å². The summed E-state index contributed by atoms with van der Waals surface area (Å²) in [4.78, 5) is 20.7. The zero-order chi connectivity index (χ0) is 14.0. The van der Waals surface area contributed by atoms with Crippen LogP contribution in [0.1, 0.15) is 16.2 Å². The number of nitrogen functional groups attached to an aromatic ring is 1. The van der Waals surface area contributed by atoms with Crippen molar-refractivity contribution in [2.75, 3.05) is 12.8 Å². The number of nitrogens with two attached hydrogens (primary N) is 1. The Morgan fingerprint density at radius 3 is 2.79 bits per heavy atom. The molecule has 0 unspecified atom stereocenters. The predicted molar refractivity (Wildman–Crippen MR) is 75.3 cm³/mol. The summed E-state index contributed by atoms with van der Waals surface area (Å²) in [7, 11) is 1.67. The number of H-pyrrole nitrogens is 1. The maximum atomic E-state index is 12.2. The Hall–Kier alpha value is -1.72. The molecular weight excluding hydrogens is 287 g/mol. The van der Waals surface area contributed by atoms with E-state index in [2.05, 4.69) is 9.97 Å². The van der Waals surface area contributed by atoms with Crippen LogP contribution in [0, 0.1) is 0 Å². The molecule has 7 heteroatoms. The number of rotatable bonds is 3. The molecule has 1 heterocycles. The summed E-state index contributed by atoms with van der Waals surface area (Å²) in [6, 6.07) is 3.01. The summed E-state index contributed by atoms with van der Waals surface area (Å²) in [5, 5.41) is 0.517. The number of amides is 1.